The first kappa shape index (κ1) is 13.6. The molecule has 0 aliphatic heterocycles. The van der Waals surface area contributed by atoms with E-state index in [9.17, 15) is 17.6 Å². The van der Waals surface area contributed by atoms with Crippen molar-refractivity contribution in [3.8, 4) is 0 Å². The van der Waals surface area contributed by atoms with E-state index in [2.05, 4.69) is 0 Å². The van der Waals surface area contributed by atoms with Gasteiger partial charge in [0.2, 0.25) is 6.17 Å². The lowest BCUT2D eigenvalue weighted by molar-refractivity contribution is -0.143. The summed E-state index contributed by atoms with van der Waals surface area (Å²) >= 11 is 0. The van der Waals surface area contributed by atoms with E-state index in [4.69, 9.17) is 5.11 Å². The van der Waals surface area contributed by atoms with Crippen molar-refractivity contribution in [2.75, 3.05) is 0 Å². The fraction of sp³-hybridized carbons (Fsp3) is 0.364. The minimum Gasteiger partial charge on any atom is -0.479 e. The van der Waals surface area contributed by atoms with Crippen LogP contribution >= 0.6 is 0 Å². The van der Waals surface area contributed by atoms with Crippen LogP contribution in [-0.2, 0) is 14.6 Å². The largest absolute Gasteiger partial charge is 0.479 e. The molecular weight excluding hydrogens is 247 g/mol. The summed E-state index contributed by atoms with van der Waals surface area (Å²) in [5.41, 5.74) is -0.0693. The molecule has 0 bridgehead atoms. The molecule has 1 N–H and O–H groups in total. The van der Waals surface area contributed by atoms with Gasteiger partial charge in [0.15, 0.2) is 9.84 Å². The number of sulfone groups is 1. The number of carboxylic acids is 1. The van der Waals surface area contributed by atoms with Gasteiger partial charge in [0.1, 0.15) is 0 Å². The predicted octanol–water partition coefficient (Wildman–Crippen LogP) is 1.96. The lowest BCUT2D eigenvalue weighted by Gasteiger charge is -2.09. The molecule has 6 heteroatoms. The van der Waals surface area contributed by atoms with E-state index in [1.807, 2.05) is 0 Å². The molecule has 1 rings (SSSR count). The fourth-order valence-electron chi connectivity index (χ4n) is 1.24. The van der Waals surface area contributed by atoms with Gasteiger partial charge >= 0.3 is 5.97 Å². The number of aliphatic carboxylic acids is 1. The summed E-state index contributed by atoms with van der Waals surface area (Å²) in [6.07, 6.45) is -2.13. The van der Waals surface area contributed by atoms with Crippen LogP contribution in [0.3, 0.4) is 0 Å². The van der Waals surface area contributed by atoms with E-state index in [-0.39, 0.29) is 10.5 Å². The van der Waals surface area contributed by atoms with E-state index >= 15 is 0 Å². The summed E-state index contributed by atoms with van der Waals surface area (Å²) < 4.78 is 36.6. The molecule has 1 aromatic carbocycles. The van der Waals surface area contributed by atoms with Crippen LogP contribution in [0, 0.1) is 0 Å². The minimum atomic E-state index is -3.41. The lowest BCUT2D eigenvalue weighted by Crippen LogP contribution is -2.14. The van der Waals surface area contributed by atoms with E-state index in [0.29, 0.717) is 0 Å². The van der Waals surface area contributed by atoms with Gasteiger partial charge in [-0.05, 0) is 31.5 Å². The Morgan fingerprint density at radius 3 is 2.06 bits per heavy atom. The van der Waals surface area contributed by atoms with Crippen molar-refractivity contribution >= 4 is 15.8 Å². The Balaban J connectivity index is 3.09. The number of hydrogen-bond acceptors (Lipinski definition) is 3. The van der Waals surface area contributed by atoms with Crippen LogP contribution in [0.5, 0.6) is 0 Å². The highest BCUT2D eigenvalue weighted by Crippen LogP contribution is 2.21. The zero-order chi connectivity index (χ0) is 13.2. The number of carboxylic acid groups (broad SMARTS) is 1. The molecule has 0 aliphatic carbocycles. The highest BCUT2D eigenvalue weighted by atomic mass is 32.2. The molecule has 4 nitrogen and oxygen atoms in total. The number of rotatable bonds is 4. The molecule has 0 saturated heterocycles. The maximum atomic E-state index is 13.1. The molecule has 1 unspecified atom stereocenters. The number of benzene rings is 1. The van der Waals surface area contributed by atoms with Gasteiger partial charge in [-0.25, -0.2) is 17.6 Å². The zero-order valence-corrected chi connectivity index (χ0v) is 10.2. The number of halogens is 1. The molecule has 0 saturated carbocycles. The molecule has 1 aromatic rings. The molecule has 0 aromatic heterocycles. The minimum absolute atomic E-state index is 0.0637. The van der Waals surface area contributed by atoms with Crippen LogP contribution in [0.4, 0.5) is 4.39 Å². The van der Waals surface area contributed by atoms with Crippen molar-refractivity contribution in [2.24, 2.45) is 0 Å². The Labute approximate surface area is 99.0 Å². The second-order valence-corrected chi connectivity index (χ2v) is 6.37. The van der Waals surface area contributed by atoms with Gasteiger partial charge in [-0.2, -0.15) is 0 Å². The summed E-state index contributed by atoms with van der Waals surface area (Å²) in [5.74, 6) is -1.59. The quantitative estimate of drug-likeness (QED) is 0.898. The monoisotopic (exact) mass is 260 g/mol. The summed E-state index contributed by atoms with van der Waals surface area (Å²) in [7, 11) is -3.41. The first-order valence-corrected chi connectivity index (χ1v) is 6.52. The van der Waals surface area contributed by atoms with E-state index in [0.717, 1.165) is 0 Å². The maximum absolute atomic E-state index is 13.1. The Morgan fingerprint density at radius 1 is 1.24 bits per heavy atom. The van der Waals surface area contributed by atoms with Crippen LogP contribution in [0.2, 0.25) is 0 Å². The Morgan fingerprint density at radius 2 is 1.71 bits per heavy atom. The Kier molecular flexibility index (Phi) is 3.87. The lowest BCUT2D eigenvalue weighted by atomic mass is 10.1. The van der Waals surface area contributed by atoms with Gasteiger partial charge in [-0.3, -0.25) is 0 Å². The van der Waals surface area contributed by atoms with Crippen LogP contribution in [0.1, 0.15) is 25.6 Å². The van der Waals surface area contributed by atoms with Crippen molar-refractivity contribution in [2.45, 2.75) is 30.2 Å². The zero-order valence-electron chi connectivity index (χ0n) is 9.42. The SMILES string of the molecule is CC(C)S(=O)(=O)c1ccc(C(F)C(=O)O)cc1. The van der Waals surface area contributed by atoms with Crippen molar-refractivity contribution in [3.05, 3.63) is 29.8 Å². The van der Waals surface area contributed by atoms with Gasteiger partial charge in [-0.15, -0.1) is 0 Å². The molecule has 0 heterocycles. The Bertz CT molecular complexity index is 505. The van der Waals surface area contributed by atoms with Crippen molar-refractivity contribution in [3.63, 3.8) is 0 Å². The fourth-order valence-corrected chi connectivity index (χ4v) is 2.30. The number of carbonyl (C=O) groups is 1. The molecule has 94 valence electrons. The molecular formula is C11H13FO4S. The standard InChI is InChI=1S/C11H13FO4S/c1-7(2)17(15,16)9-5-3-8(4-6-9)10(12)11(13)14/h3-7,10H,1-2H3,(H,13,14). The summed E-state index contributed by atoms with van der Waals surface area (Å²) in [6, 6.07) is 4.79. The van der Waals surface area contributed by atoms with Gasteiger partial charge in [0.25, 0.3) is 0 Å². The van der Waals surface area contributed by atoms with Crippen LogP contribution in [0.25, 0.3) is 0 Å². The normalized spacial score (nSPS) is 13.6. The number of alkyl halides is 1. The average molecular weight is 260 g/mol. The molecule has 0 spiro atoms. The smallest absolute Gasteiger partial charge is 0.343 e. The maximum Gasteiger partial charge on any atom is 0.343 e. The molecule has 0 amide bonds. The third-order valence-corrected chi connectivity index (χ3v) is 4.51. The number of hydrogen-bond donors (Lipinski definition) is 1. The third kappa shape index (κ3) is 2.82. The van der Waals surface area contributed by atoms with Crippen LogP contribution in [0.15, 0.2) is 29.2 Å². The van der Waals surface area contributed by atoms with Crippen LogP contribution < -0.4 is 0 Å². The molecule has 1 atom stereocenters. The van der Waals surface area contributed by atoms with Crippen molar-refractivity contribution in [1.82, 2.24) is 0 Å². The summed E-state index contributed by atoms with van der Waals surface area (Å²) in [5, 5.41) is 7.88. The van der Waals surface area contributed by atoms with Gasteiger partial charge in [0, 0.05) is 0 Å². The van der Waals surface area contributed by atoms with Crippen molar-refractivity contribution < 1.29 is 22.7 Å². The Hall–Kier alpha value is -1.43. The molecule has 0 radical (unpaired) electrons. The van der Waals surface area contributed by atoms with E-state index < -0.39 is 27.2 Å². The van der Waals surface area contributed by atoms with Crippen molar-refractivity contribution in [1.29, 1.82) is 0 Å². The second-order valence-electron chi connectivity index (χ2n) is 3.86. The van der Waals surface area contributed by atoms with Crippen LogP contribution in [-0.4, -0.2) is 24.7 Å². The summed E-state index contributed by atoms with van der Waals surface area (Å²) in [4.78, 5) is 10.5. The van der Waals surface area contributed by atoms with E-state index in [1.54, 1.807) is 13.8 Å². The molecule has 17 heavy (non-hydrogen) atoms. The van der Waals surface area contributed by atoms with E-state index in [1.165, 1.54) is 24.3 Å². The first-order valence-electron chi connectivity index (χ1n) is 4.97. The average Bonchev–Trinajstić information content (AvgIpc) is 2.27. The summed E-state index contributed by atoms with van der Waals surface area (Å²) in [6.45, 7) is 3.08. The topological polar surface area (TPSA) is 71.4 Å². The molecule has 0 aliphatic rings. The third-order valence-electron chi connectivity index (χ3n) is 2.34. The second kappa shape index (κ2) is 4.83. The van der Waals surface area contributed by atoms with Gasteiger partial charge < -0.3 is 5.11 Å². The highest BCUT2D eigenvalue weighted by molar-refractivity contribution is 7.92. The molecule has 0 fully saturated rings. The predicted molar refractivity (Wildman–Crippen MR) is 60.2 cm³/mol. The van der Waals surface area contributed by atoms with Gasteiger partial charge in [0.05, 0.1) is 10.1 Å². The van der Waals surface area contributed by atoms with Gasteiger partial charge in [-0.1, -0.05) is 12.1 Å². The highest BCUT2D eigenvalue weighted by Gasteiger charge is 2.21. The first-order chi connectivity index (χ1) is 7.76.